The minimum Gasteiger partial charge on any atom is -0.375 e. The second-order valence-electron chi connectivity index (χ2n) is 2.29. The molecule has 3 heteroatoms. The van der Waals surface area contributed by atoms with Crippen molar-refractivity contribution in [3.8, 4) is 0 Å². The molecule has 0 saturated heterocycles. The van der Waals surface area contributed by atoms with Crippen molar-refractivity contribution < 1.29 is 5.11 Å². The summed E-state index contributed by atoms with van der Waals surface area (Å²) < 4.78 is 0. The molecule has 0 aromatic heterocycles. The standard InChI is InChI=1S/C7H10BrNO/c8-6-3-1-2-5(4-6)7(9)10/h1-3,6-7,10H,4,9H2. The van der Waals surface area contributed by atoms with Crippen LogP contribution in [-0.4, -0.2) is 16.2 Å². The highest BCUT2D eigenvalue weighted by Gasteiger charge is 2.11. The zero-order valence-corrected chi connectivity index (χ0v) is 7.08. The molecule has 1 aliphatic carbocycles. The molecule has 56 valence electrons. The summed E-state index contributed by atoms with van der Waals surface area (Å²) in [5, 5.41) is 8.95. The average Bonchev–Trinajstić information content (AvgIpc) is 1.88. The normalized spacial score (nSPS) is 27.9. The van der Waals surface area contributed by atoms with Gasteiger partial charge in [0.05, 0.1) is 0 Å². The average molecular weight is 204 g/mol. The zero-order valence-electron chi connectivity index (χ0n) is 5.50. The van der Waals surface area contributed by atoms with Gasteiger partial charge in [0.15, 0.2) is 0 Å². The number of alkyl halides is 1. The lowest BCUT2D eigenvalue weighted by molar-refractivity contribution is 0.215. The molecule has 2 nitrogen and oxygen atoms in total. The molecule has 0 aromatic carbocycles. The summed E-state index contributed by atoms with van der Waals surface area (Å²) in [7, 11) is 0. The van der Waals surface area contributed by atoms with Crippen LogP contribution in [0.2, 0.25) is 0 Å². The van der Waals surface area contributed by atoms with Gasteiger partial charge in [0.1, 0.15) is 6.23 Å². The van der Waals surface area contributed by atoms with Gasteiger partial charge in [-0.3, -0.25) is 0 Å². The number of nitrogens with two attached hydrogens (primary N) is 1. The Morgan fingerprint density at radius 2 is 2.50 bits per heavy atom. The van der Waals surface area contributed by atoms with E-state index in [4.69, 9.17) is 10.8 Å². The smallest absolute Gasteiger partial charge is 0.124 e. The Bertz CT molecular complexity index is 174. The summed E-state index contributed by atoms with van der Waals surface area (Å²) in [5.74, 6) is 0. The molecule has 1 rings (SSSR count). The number of halogens is 1. The van der Waals surface area contributed by atoms with Gasteiger partial charge in [-0.25, -0.2) is 0 Å². The third kappa shape index (κ3) is 1.94. The molecule has 0 aliphatic heterocycles. The summed E-state index contributed by atoms with van der Waals surface area (Å²) >= 11 is 3.40. The van der Waals surface area contributed by atoms with Gasteiger partial charge in [-0.15, -0.1) is 0 Å². The Morgan fingerprint density at radius 3 is 2.90 bits per heavy atom. The van der Waals surface area contributed by atoms with Crippen molar-refractivity contribution in [1.29, 1.82) is 0 Å². The predicted molar refractivity (Wildman–Crippen MR) is 44.7 cm³/mol. The largest absolute Gasteiger partial charge is 0.375 e. The van der Waals surface area contributed by atoms with E-state index in [1.165, 1.54) is 0 Å². The summed E-state index contributed by atoms with van der Waals surface area (Å²) in [6.45, 7) is 0. The maximum absolute atomic E-state index is 8.95. The number of rotatable bonds is 1. The van der Waals surface area contributed by atoms with Crippen LogP contribution in [0.4, 0.5) is 0 Å². The first-order valence-corrected chi connectivity index (χ1v) is 4.06. The lowest BCUT2D eigenvalue weighted by Crippen LogP contribution is -2.23. The molecule has 2 unspecified atom stereocenters. The van der Waals surface area contributed by atoms with Gasteiger partial charge >= 0.3 is 0 Å². The summed E-state index contributed by atoms with van der Waals surface area (Å²) in [6, 6.07) is 0. The van der Waals surface area contributed by atoms with Gasteiger partial charge in [-0.2, -0.15) is 0 Å². The monoisotopic (exact) mass is 203 g/mol. The lowest BCUT2D eigenvalue weighted by Gasteiger charge is -2.14. The van der Waals surface area contributed by atoms with Crippen LogP contribution >= 0.6 is 15.9 Å². The van der Waals surface area contributed by atoms with E-state index in [0.717, 1.165) is 12.0 Å². The Hall–Kier alpha value is -0.120. The van der Waals surface area contributed by atoms with Gasteiger partial charge in [0.25, 0.3) is 0 Å². The van der Waals surface area contributed by atoms with E-state index in [2.05, 4.69) is 15.9 Å². The van der Waals surface area contributed by atoms with Crippen molar-refractivity contribution in [1.82, 2.24) is 0 Å². The van der Waals surface area contributed by atoms with Crippen LogP contribution in [0.1, 0.15) is 6.42 Å². The molecule has 1 aliphatic rings. The Balaban J connectivity index is 2.61. The summed E-state index contributed by atoms with van der Waals surface area (Å²) in [6.07, 6.45) is 5.77. The third-order valence-electron chi connectivity index (χ3n) is 1.44. The van der Waals surface area contributed by atoms with E-state index in [9.17, 15) is 0 Å². The second-order valence-corrected chi connectivity index (χ2v) is 3.47. The van der Waals surface area contributed by atoms with Gasteiger partial charge in [0, 0.05) is 4.83 Å². The van der Waals surface area contributed by atoms with Crippen LogP contribution in [0.25, 0.3) is 0 Å². The number of hydrogen-bond donors (Lipinski definition) is 2. The Labute approximate surface area is 68.5 Å². The SMILES string of the molecule is NC(O)C1=CC=CC(Br)C1. The molecule has 2 atom stereocenters. The molecule has 0 aromatic rings. The van der Waals surface area contributed by atoms with Crippen molar-refractivity contribution in [3.05, 3.63) is 23.8 Å². The highest BCUT2D eigenvalue weighted by atomic mass is 79.9. The maximum atomic E-state index is 8.95. The fourth-order valence-electron chi connectivity index (χ4n) is 0.880. The van der Waals surface area contributed by atoms with E-state index in [0.29, 0.717) is 4.83 Å². The fourth-order valence-corrected chi connectivity index (χ4v) is 1.43. The van der Waals surface area contributed by atoms with Gasteiger partial charge < -0.3 is 10.8 Å². The second kappa shape index (κ2) is 3.32. The Kier molecular flexibility index (Phi) is 2.65. The van der Waals surface area contributed by atoms with Crippen LogP contribution in [-0.2, 0) is 0 Å². The molecular weight excluding hydrogens is 194 g/mol. The first kappa shape index (κ1) is 7.98. The highest BCUT2D eigenvalue weighted by Crippen LogP contribution is 2.19. The topological polar surface area (TPSA) is 46.2 Å². The zero-order chi connectivity index (χ0) is 7.56. The molecule has 0 spiro atoms. The van der Waals surface area contributed by atoms with Crippen molar-refractivity contribution in [3.63, 3.8) is 0 Å². The van der Waals surface area contributed by atoms with Crippen molar-refractivity contribution in [2.24, 2.45) is 5.73 Å². The molecule has 0 saturated carbocycles. The number of aliphatic hydroxyl groups is 1. The van der Waals surface area contributed by atoms with Crippen LogP contribution in [0.15, 0.2) is 23.8 Å². The maximum Gasteiger partial charge on any atom is 0.124 e. The number of aliphatic hydroxyl groups excluding tert-OH is 1. The molecule has 3 N–H and O–H groups in total. The van der Waals surface area contributed by atoms with E-state index in [1.54, 1.807) is 0 Å². The van der Waals surface area contributed by atoms with Gasteiger partial charge in [-0.05, 0) is 12.0 Å². The molecule has 10 heavy (non-hydrogen) atoms. The van der Waals surface area contributed by atoms with E-state index in [1.807, 2.05) is 18.2 Å². The number of allylic oxidation sites excluding steroid dienone is 3. The fraction of sp³-hybridized carbons (Fsp3) is 0.429. The minimum atomic E-state index is -0.801. The quantitative estimate of drug-likeness (QED) is 0.492. The third-order valence-corrected chi connectivity index (χ3v) is 2.07. The lowest BCUT2D eigenvalue weighted by atomic mass is 10.0. The van der Waals surface area contributed by atoms with Crippen molar-refractivity contribution >= 4 is 15.9 Å². The first-order valence-electron chi connectivity index (χ1n) is 3.15. The predicted octanol–water partition coefficient (Wildman–Crippen LogP) is 0.913. The number of hydrogen-bond acceptors (Lipinski definition) is 2. The molecule has 0 heterocycles. The molecule has 0 radical (unpaired) electrons. The van der Waals surface area contributed by atoms with Crippen molar-refractivity contribution in [2.75, 3.05) is 0 Å². The van der Waals surface area contributed by atoms with Crippen LogP contribution in [0.3, 0.4) is 0 Å². The summed E-state index contributed by atoms with van der Waals surface area (Å²) in [5.41, 5.74) is 6.14. The summed E-state index contributed by atoms with van der Waals surface area (Å²) in [4.78, 5) is 0.325. The van der Waals surface area contributed by atoms with Crippen molar-refractivity contribution in [2.45, 2.75) is 17.5 Å². The highest BCUT2D eigenvalue weighted by molar-refractivity contribution is 9.09. The molecule has 0 fully saturated rings. The van der Waals surface area contributed by atoms with E-state index in [-0.39, 0.29) is 0 Å². The minimum absolute atomic E-state index is 0.325. The van der Waals surface area contributed by atoms with E-state index < -0.39 is 6.23 Å². The van der Waals surface area contributed by atoms with E-state index >= 15 is 0 Å². The van der Waals surface area contributed by atoms with Crippen LogP contribution < -0.4 is 5.73 Å². The van der Waals surface area contributed by atoms with Gasteiger partial charge in [0.2, 0.25) is 0 Å². The molecule has 0 bridgehead atoms. The van der Waals surface area contributed by atoms with Crippen LogP contribution in [0.5, 0.6) is 0 Å². The first-order chi connectivity index (χ1) is 4.70. The van der Waals surface area contributed by atoms with Gasteiger partial charge in [-0.1, -0.05) is 34.2 Å². The molecule has 0 amide bonds. The Morgan fingerprint density at radius 1 is 1.80 bits per heavy atom. The van der Waals surface area contributed by atoms with Crippen LogP contribution in [0, 0.1) is 0 Å². The molecular formula is C7H10BrNO.